The fourth-order valence-corrected chi connectivity index (χ4v) is 4.32. The molecule has 0 aliphatic carbocycles. The lowest BCUT2D eigenvalue weighted by Gasteiger charge is -2.16. The number of carbonyl (C=O) groups is 2. The first-order valence-corrected chi connectivity index (χ1v) is 9.89. The average molecular weight is 369 g/mol. The smallest absolute Gasteiger partial charge is 0.308 e. The summed E-state index contributed by atoms with van der Waals surface area (Å²) in [5.41, 5.74) is 3.40. The Bertz CT molecular complexity index is 778. The molecule has 0 spiro atoms. The van der Waals surface area contributed by atoms with Crippen LogP contribution in [0.5, 0.6) is 0 Å². The fourth-order valence-electron chi connectivity index (χ4n) is 3.45. The number of benzene rings is 2. The molecule has 2 atom stereocenters. The first-order chi connectivity index (χ1) is 12.5. The number of carboxylic acid groups (broad SMARTS) is 1. The molecule has 4 nitrogen and oxygen atoms in total. The van der Waals surface area contributed by atoms with Crippen molar-refractivity contribution in [1.82, 2.24) is 4.90 Å². The van der Waals surface area contributed by atoms with E-state index in [1.165, 1.54) is 11.1 Å². The third-order valence-corrected chi connectivity index (χ3v) is 5.78. The summed E-state index contributed by atoms with van der Waals surface area (Å²) in [6.45, 7) is 2.82. The Morgan fingerprint density at radius 1 is 1.12 bits per heavy atom. The lowest BCUT2D eigenvalue weighted by atomic mass is 9.89. The van der Waals surface area contributed by atoms with Crippen molar-refractivity contribution in [3.05, 3.63) is 71.3 Å². The van der Waals surface area contributed by atoms with Crippen LogP contribution in [0.1, 0.15) is 22.6 Å². The molecular weight excluding hydrogens is 346 g/mol. The van der Waals surface area contributed by atoms with Crippen LogP contribution in [0.4, 0.5) is 0 Å². The highest BCUT2D eigenvalue weighted by Gasteiger charge is 2.40. The van der Waals surface area contributed by atoms with Gasteiger partial charge in [0.05, 0.1) is 11.7 Å². The van der Waals surface area contributed by atoms with Gasteiger partial charge in [0.2, 0.25) is 5.91 Å². The summed E-state index contributed by atoms with van der Waals surface area (Å²) < 4.78 is 0. The number of carboxylic acids is 1. The van der Waals surface area contributed by atoms with E-state index in [1.54, 1.807) is 16.7 Å². The van der Waals surface area contributed by atoms with Crippen LogP contribution in [0.15, 0.2) is 54.6 Å². The van der Waals surface area contributed by atoms with Gasteiger partial charge < -0.3 is 10.0 Å². The van der Waals surface area contributed by atoms with Crippen molar-refractivity contribution >= 4 is 23.6 Å². The molecule has 2 aromatic carbocycles. The number of hydrogen-bond acceptors (Lipinski definition) is 3. The SMILES string of the molecule is Cc1cccc(CSCC(=O)N2CC(C(=O)O)C(c3ccccc3)C2)c1. The third-order valence-electron chi connectivity index (χ3n) is 4.79. The maximum Gasteiger partial charge on any atom is 0.308 e. The number of amides is 1. The lowest BCUT2D eigenvalue weighted by Crippen LogP contribution is -2.31. The number of hydrogen-bond donors (Lipinski definition) is 1. The molecule has 0 bridgehead atoms. The van der Waals surface area contributed by atoms with Crippen LogP contribution in [0.2, 0.25) is 0 Å². The van der Waals surface area contributed by atoms with Gasteiger partial charge in [-0.15, -0.1) is 11.8 Å². The number of rotatable bonds is 6. The van der Waals surface area contributed by atoms with Crippen molar-refractivity contribution in [2.24, 2.45) is 5.92 Å². The number of thioether (sulfide) groups is 1. The third kappa shape index (κ3) is 4.47. The molecule has 5 heteroatoms. The number of aryl methyl sites for hydroxylation is 1. The molecule has 0 saturated carbocycles. The van der Waals surface area contributed by atoms with Crippen LogP contribution in [0, 0.1) is 12.8 Å². The molecule has 0 radical (unpaired) electrons. The van der Waals surface area contributed by atoms with E-state index < -0.39 is 11.9 Å². The first-order valence-electron chi connectivity index (χ1n) is 8.73. The van der Waals surface area contributed by atoms with E-state index in [4.69, 9.17) is 0 Å². The monoisotopic (exact) mass is 369 g/mol. The van der Waals surface area contributed by atoms with Gasteiger partial charge in [0.1, 0.15) is 0 Å². The summed E-state index contributed by atoms with van der Waals surface area (Å²) in [5, 5.41) is 9.55. The van der Waals surface area contributed by atoms with Gasteiger partial charge in [0.15, 0.2) is 0 Å². The largest absolute Gasteiger partial charge is 0.481 e. The molecule has 1 fully saturated rings. The van der Waals surface area contributed by atoms with E-state index >= 15 is 0 Å². The van der Waals surface area contributed by atoms with Crippen LogP contribution < -0.4 is 0 Å². The highest BCUT2D eigenvalue weighted by molar-refractivity contribution is 7.99. The van der Waals surface area contributed by atoms with Gasteiger partial charge >= 0.3 is 5.97 Å². The van der Waals surface area contributed by atoms with Crippen molar-refractivity contribution in [1.29, 1.82) is 0 Å². The Morgan fingerprint density at radius 2 is 1.88 bits per heavy atom. The Balaban J connectivity index is 1.58. The second-order valence-electron chi connectivity index (χ2n) is 6.74. The molecule has 2 aromatic rings. The fraction of sp³-hybridized carbons (Fsp3) is 0.333. The molecule has 1 N–H and O–H groups in total. The minimum atomic E-state index is -0.832. The van der Waals surface area contributed by atoms with Crippen LogP contribution in [-0.2, 0) is 15.3 Å². The summed E-state index contributed by atoms with van der Waals surface area (Å²) in [4.78, 5) is 25.9. The van der Waals surface area contributed by atoms with E-state index in [0.717, 1.165) is 11.3 Å². The van der Waals surface area contributed by atoms with E-state index in [-0.39, 0.29) is 11.8 Å². The summed E-state index contributed by atoms with van der Waals surface area (Å²) in [5.74, 6) is -0.329. The van der Waals surface area contributed by atoms with Crippen LogP contribution in [-0.4, -0.2) is 40.7 Å². The molecule has 1 heterocycles. The average Bonchev–Trinajstić information content (AvgIpc) is 3.08. The highest BCUT2D eigenvalue weighted by atomic mass is 32.2. The minimum Gasteiger partial charge on any atom is -0.481 e. The molecule has 1 aliphatic rings. The van der Waals surface area contributed by atoms with Gasteiger partial charge in [-0.05, 0) is 18.1 Å². The predicted octanol–water partition coefficient (Wildman–Crippen LogP) is 3.56. The predicted molar refractivity (Wildman–Crippen MR) is 104 cm³/mol. The van der Waals surface area contributed by atoms with Crippen molar-refractivity contribution in [2.75, 3.05) is 18.8 Å². The number of carbonyl (C=O) groups excluding carboxylic acids is 1. The zero-order valence-electron chi connectivity index (χ0n) is 14.8. The lowest BCUT2D eigenvalue weighted by molar-refractivity contribution is -0.141. The Kier molecular flexibility index (Phi) is 5.99. The summed E-state index contributed by atoms with van der Waals surface area (Å²) >= 11 is 1.58. The Labute approximate surface area is 158 Å². The molecule has 1 amide bonds. The van der Waals surface area contributed by atoms with E-state index in [9.17, 15) is 14.7 Å². The topological polar surface area (TPSA) is 57.6 Å². The second kappa shape index (κ2) is 8.41. The molecule has 2 unspecified atom stereocenters. The van der Waals surface area contributed by atoms with Gasteiger partial charge in [-0.2, -0.15) is 0 Å². The van der Waals surface area contributed by atoms with Gasteiger partial charge in [-0.25, -0.2) is 0 Å². The first kappa shape index (κ1) is 18.5. The van der Waals surface area contributed by atoms with Gasteiger partial charge in [-0.3, -0.25) is 9.59 Å². The van der Waals surface area contributed by atoms with Gasteiger partial charge in [0, 0.05) is 24.8 Å². The summed E-state index contributed by atoms with van der Waals surface area (Å²) in [6, 6.07) is 17.9. The summed E-state index contributed by atoms with van der Waals surface area (Å²) in [6.07, 6.45) is 0. The normalized spacial score (nSPS) is 19.5. The second-order valence-corrected chi connectivity index (χ2v) is 7.73. The quantitative estimate of drug-likeness (QED) is 0.846. The summed E-state index contributed by atoms with van der Waals surface area (Å²) in [7, 11) is 0. The number of nitrogens with zero attached hydrogens (tertiary/aromatic N) is 1. The molecule has 136 valence electrons. The minimum absolute atomic E-state index is 0.0207. The molecule has 0 aromatic heterocycles. The maximum atomic E-state index is 12.6. The van der Waals surface area contributed by atoms with E-state index in [2.05, 4.69) is 25.1 Å². The van der Waals surface area contributed by atoms with Crippen LogP contribution >= 0.6 is 11.8 Å². The van der Waals surface area contributed by atoms with Crippen molar-refractivity contribution < 1.29 is 14.7 Å². The van der Waals surface area contributed by atoms with Crippen molar-refractivity contribution in [3.63, 3.8) is 0 Å². The highest BCUT2D eigenvalue weighted by Crippen LogP contribution is 2.33. The van der Waals surface area contributed by atoms with Crippen molar-refractivity contribution in [3.8, 4) is 0 Å². The van der Waals surface area contributed by atoms with Crippen LogP contribution in [0.25, 0.3) is 0 Å². The zero-order chi connectivity index (χ0) is 18.5. The maximum absolute atomic E-state index is 12.6. The van der Waals surface area contributed by atoms with Crippen molar-refractivity contribution in [2.45, 2.75) is 18.6 Å². The molecule has 26 heavy (non-hydrogen) atoms. The number of aliphatic carboxylic acids is 1. The number of likely N-dealkylation sites (tertiary alicyclic amines) is 1. The molecule has 1 saturated heterocycles. The van der Waals surface area contributed by atoms with E-state index in [1.807, 2.05) is 36.4 Å². The Hall–Kier alpha value is -2.27. The molecule has 3 rings (SSSR count). The Morgan fingerprint density at radius 3 is 2.58 bits per heavy atom. The molecular formula is C21H23NO3S. The van der Waals surface area contributed by atoms with Gasteiger partial charge in [0.25, 0.3) is 0 Å². The standard InChI is InChI=1S/C21H23NO3S/c1-15-6-5-7-16(10-15)13-26-14-20(23)22-11-18(19(12-22)21(24)25)17-8-3-2-4-9-17/h2-10,18-19H,11-14H2,1H3,(H,24,25). The van der Waals surface area contributed by atoms with Gasteiger partial charge in [-0.1, -0.05) is 60.2 Å². The van der Waals surface area contributed by atoms with E-state index in [0.29, 0.717) is 18.8 Å². The zero-order valence-corrected chi connectivity index (χ0v) is 15.6. The van der Waals surface area contributed by atoms with Crippen LogP contribution in [0.3, 0.4) is 0 Å². The molecule has 1 aliphatic heterocycles.